The predicted octanol–water partition coefficient (Wildman–Crippen LogP) is 4.30. The summed E-state index contributed by atoms with van der Waals surface area (Å²) in [5.41, 5.74) is 3.46. The molecule has 3 rings (SSSR count). The molecule has 0 fully saturated rings. The van der Waals surface area contributed by atoms with Crippen LogP contribution < -0.4 is 5.32 Å². The Morgan fingerprint density at radius 1 is 1.20 bits per heavy atom. The van der Waals surface area contributed by atoms with Crippen LogP contribution in [0.25, 0.3) is 10.9 Å². The summed E-state index contributed by atoms with van der Waals surface area (Å²) in [4.78, 5) is 6.17. The summed E-state index contributed by atoms with van der Waals surface area (Å²) in [5, 5.41) is 6.89. The Morgan fingerprint density at radius 3 is 2.80 bits per heavy atom. The topological polar surface area (TPSA) is 24.9 Å². The standard InChI is InChI=1S/C17H18N2S/c1-3-18-17(16-9-6-10-20-16)15-11-12(2)13-7-4-5-8-14(13)19-15/h4-11,17-18H,3H2,1-2H3. The van der Waals surface area contributed by atoms with Crippen molar-refractivity contribution in [3.63, 3.8) is 0 Å². The molecular formula is C17H18N2S. The van der Waals surface area contributed by atoms with Gasteiger partial charge in [-0.1, -0.05) is 31.2 Å². The molecule has 1 N–H and O–H groups in total. The van der Waals surface area contributed by atoms with E-state index in [0.29, 0.717) is 0 Å². The Balaban J connectivity index is 2.11. The lowest BCUT2D eigenvalue weighted by molar-refractivity contribution is 0.626. The van der Waals surface area contributed by atoms with Crippen molar-refractivity contribution < 1.29 is 0 Å². The molecule has 3 heteroatoms. The lowest BCUT2D eigenvalue weighted by Gasteiger charge is -2.17. The van der Waals surface area contributed by atoms with Gasteiger partial charge >= 0.3 is 0 Å². The third kappa shape index (κ3) is 2.47. The zero-order valence-corrected chi connectivity index (χ0v) is 12.6. The first-order valence-corrected chi connectivity index (χ1v) is 7.80. The minimum atomic E-state index is 0.184. The van der Waals surface area contributed by atoms with Crippen LogP contribution in [0.2, 0.25) is 0 Å². The van der Waals surface area contributed by atoms with E-state index in [-0.39, 0.29) is 6.04 Å². The summed E-state index contributed by atoms with van der Waals surface area (Å²) in [6, 6.07) is 15.0. The second-order valence-corrected chi connectivity index (χ2v) is 5.87. The Labute approximate surface area is 123 Å². The molecule has 20 heavy (non-hydrogen) atoms. The van der Waals surface area contributed by atoms with Gasteiger partial charge in [0.05, 0.1) is 17.3 Å². The Bertz CT molecular complexity index is 704. The molecule has 1 unspecified atom stereocenters. The summed E-state index contributed by atoms with van der Waals surface area (Å²) in [5.74, 6) is 0. The zero-order valence-electron chi connectivity index (χ0n) is 11.8. The van der Waals surface area contributed by atoms with Crippen LogP contribution in [0.4, 0.5) is 0 Å². The van der Waals surface area contributed by atoms with Crippen LogP contribution in [0.1, 0.15) is 29.1 Å². The molecule has 1 atom stereocenters. The van der Waals surface area contributed by atoms with Gasteiger partial charge < -0.3 is 5.32 Å². The molecule has 102 valence electrons. The third-order valence-electron chi connectivity index (χ3n) is 3.47. The summed E-state index contributed by atoms with van der Waals surface area (Å²) < 4.78 is 0. The smallest absolute Gasteiger partial charge is 0.0845 e. The molecule has 0 aliphatic rings. The molecule has 0 amide bonds. The molecule has 0 aliphatic carbocycles. The Morgan fingerprint density at radius 2 is 2.05 bits per heavy atom. The van der Waals surface area contributed by atoms with E-state index in [4.69, 9.17) is 4.98 Å². The minimum absolute atomic E-state index is 0.184. The second kappa shape index (κ2) is 5.73. The predicted molar refractivity (Wildman–Crippen MR) is 86.3 cm³/mol. The van der Waals surface area contributed by atoms with Gasteiger partial charge in [-0.15, -0.1) is 11.3 Å². The molecular weight excluding hydrogens is 264 g/mol. The van der Waals surface area contributed by atoms with Gasteiger partial charge in [0.15, 0.2) is 0 Å². The van der Waals surface area contributed by atoms with Gasteiger partial charge in [0.2, 0.25) is 0 Å². The maximum absolute atomic E-state index is 4.86. The number of para-hydroxylation sites is 1. The van der Waals surface area contributed by atoms with Crippen molar-refractivity contribution in [1.29, 1.82) is 0 Å². The van der Waals surface area contributed by atoms with Crippen LogP contribution in [0.3, 0.4) is 0 Å². The summed E-state index contributed by atoms with van der Waals surface area (Å²) >= 11 is 1.77. The van der Waals surface area contributed by atoms with E-state index in [1.165, 1.54) is 15.8 Å². The van der Waals surface area contributed by atoms with E-state index in [2.05, 4.69) is 60.9 Å². The number of pyridine rings is 1. The van der Waals surface area contributed by atoms with Gasteiger partial charge in [-0.3, -0.25) is 4.98 Å². The summed E-state index contributed by atoms with van der Waals surface area (Å²) in [6.45, 7) is 5.22. The molecule has 0 radical (unpaired) electrons. The highest BCUT2D eigenvalue weighted by molar-refractivity contribution is 7.10. The van der Waals surface area contributed by atoms with Gasteiger partial charge in [-0.25, -0.2) is 0 Å². The van der Waals surface area contributed by atoms with Gasteiger partial charge in [0.25, 0.3) is 0 Å². The Hall–Kier alpha value is -1.71. The highest BCUT2D eigenvalue weighted by Crippen LogP contribution is 2.27. The number of nitrogens with zero attached hydrogens (tertiary/aromatic N) is 1. The van der Waals surface area contributed by atoms with Crippen LogP contribution >= 0.6 is 11.3 Å². The van der Waals surface area contributed by atoms with E-state index < -0.39 is 0 Å². The van der Waals surface area contributed by atoms with E-state index in [1.807, 2.05) is 6.07 Å². The molecule has 3 aromatic rings. The molecule has 0 spiro atoms. The molecule has 1 aromatic carbocycles. The number of aryl methyl sites for hydroxylation is 1. The van der Waals surface area contributed by atoms with Crippen molar-refractivity contribution in [3.8, 4) is 0 Å². The van der Waals surface area contributed by atoms with Gasteiger partial charge in [-0.2, -0.15) is 0 Å². The van der Waals surface area contributed by atoms with E-state index >= 15 is 0 Å². The third-order valence-corrected chi connectivity index (χ3v) is 4.41. The van der Waals surface area contributed by atoms with Gasteiger partial charge in [0.1, 0.15) is 0 Å². The number of nitrogens with one attached hydrogen (secondary N) is 1. The molecule has 0 saturated carbocycles. The van der Waals surface area contributed by atoms with Crippen molar-refractivity contribution in [2.75, 3.05) is 6.54 Å². The highest BCUT2D eigenvalue weighted by Gasteiger charge is 2.16. The summed E-state index contributed by atoms with van der Waals surface area (Å²) in [6.07, 6.45) is 0. The zero-order chi connectivity index (χ0) is 13.9. The highest BCUT2D eigenvalue weighted by atomic mass is 32.1. The molecule has 0 aliphatic heterocycles. The minimum Gasteiger partial charge on any atom is -0.305 e. The van der Waals surface area contributed by atoms with Gasteiger partial charge in [-0.05, 0) is 42.6 Å². The molecule has 2 aromatic heterocycles. The first-order valence-electron chi connectivity index (χ1n) is 6.92. The van der Waals surface area contributed by atoms with Crippen LogP contribution in [0.15, 0.2) is 47.8 Å². The first kappa shape index (κ1) is 13.3. The fourth-order valence-corrected chi connectivity index (χ4v) is 3.35. The van der Waals surface area contributed by atoms with Crippen LogP contribution in [-0.2, 0) is 0 Å². The fraction of sp³-hybridized carbons (Fsp3) is 0.235. The Kier molecular flexibility index (Phi) is 3.81. The monoisotopic (exact) mass is 282 g/mol. The van der Waals surface area contributed by atoms with E-state index in [1.54, 1.807) is 11.3 Å². The first-order chi connectivity index (χ1) is 9.79. The van der Waals surface area contributed by atoms with E-state index in [0.717, 1.165) is 17.8 Å². The lowest BCUT2D eigenvalue weighted by Crippen LogP contribution is -2.22. The van der Waals surface area contributed by atoms with Gasteiger partial charge in [0, 0.05) is 10.3 Å². The average Bonchev–Trinajstić information content (AvgIpc) is 2.98. The second-order valence-electron chi connectivity index (χ2n) is 4.89. The van der Waals surface area contributed by atoms with Crippen LogP contribution in [0.5, 0.6) is 0 Å². The number of benzene rings is 1. The van der Waals surface area contributed by atoms with Crippen LogP contribution in [0, 0.1) is 6.92 Å². The molecule has 2 heterocycles. The lowest BCUT2D eigenvalue weighted by atomic mass is 10.0. The number of aromatic nitrogens is 1. The normalized spacial score (nSPS) is 12.7. The average molecular weight is 282 g/mol. The SMILES string of the molecule is CCNC(c1cc(C)c2ccccc2n1)c1cccs1. The van der Waals surface area contributed by atoms with Crippen molar-refractivity contribution in [1.82, 2.24) is 10.3 Å². The van der Waals surface area contributed by atoms with Crippen molar-refractivity contribution >= 4 is 22.2 Å². The number of thiophene rings is 1. The molecule has 0 saturated heterocycles. The largest absolute Gasteiger partial charge is 0.305 e. The van der Waals surface area contributed by atoms with Crippen LogP contribution in [-0.4, -0.2) is 11.5 Å². The number of hydrogen-bond acceptors (Lipinski definition) is 3. The number of fused-ring (bicyclic) bond motifs is 1. The quantitative estimate of drug-likeness (QED) is 0.771. The molecule has 2 nitrogen and oxygen atoms in total. The number of hydrogen-bond donors (Lipinski definition) is 1. The maximum Gasteiger partial charge on any atom is 0.0845 e. The fourth-order valence-electron chi connectivity index (χ4n) is 2.53. The molecule has 0 bridgehead atoms. The van der Waals surface area contributed by atoms with Crippen molar-refractivity contribution in [2.45, 2.75) is 19.9 Å². The number of rotatable bonds is 4. The maximum atomic E-state index is 4.86. The van der Waals surface area contributed by atoms with Crippen molar-refractivity contribution in [2.24, 2.45) is 0 Å². The van der Waals surface area contributed by atoms with Crippen molar-refractivity contribution in [3.05, 3.63) is 64.0 Å². The summed E-state index contributed by atoms with van der Waals surface area (Å²) in [7, 11) is 0. The van der Waals surface area contributed by atoms with E-state index in [9.17, 15) is 0 Å².